The predicted molar refractivity (Wildman–Crippen MR) is 211 cm³/mol. The molecule has 1 unspecified atom stereocenters. The lowest BCUT2D eigenvalue weighted by Crippen LogP contribution is -2.48. The number of methoxy groups -OCH3 is 1. The monoisotopic (exact) mass is 732 g/mol. The number of hydrogen-bond donors (Lipinski definition) is 0. The molecule has 1 atom stereocenters. The van der Waals surface area contributed by atoms with Crippen LogP contribution in [0.5, 0.6) is 0 Å². The summed E-state index contributed by atoms with van der Waals surface area (Å²) in [6, 6.07) is 36.1. The van der Waals surface area contributed by atoms with Gasteiger partial charge in [0.15, 0.2) is 8.32 Å². The Bertz CT molecular complexity index is 1850. The molecule has 5 aromatic rings. The molecule has 8 nitrogen and oxygen atoms in total. The Labute approximate surface area is 313 Å². The van der Waals surface area contributed by atoms with Crippen molar-refractivity contribution in [2.45, 2.75) is 57.2 Å². The minimum absolute atomic E-state index is 0.0434. The van der Waals surface area contributed by atoms with E-state index >= 15 is 4.39 Å². The Balaban J connectivity index is 1.06. The first-order chi connectivity index (χ1) is 25.5. The van der Waals surface area contributed by atoms with Gasteiger partial charge in [0.25, 0.3) is 0 Å². The van der Waals surface area contributed by atoms with Gasteiger partial charge in [0.05, 0.1) is 32.0 Å². The van der Waals surface area contributed by atoms with Crippen molar-refractivity contribution in [3.8, 4) is 11.1 Å². The van der Waals surface area contributed by atoms with E-state index in [1.54, 1.807) is 31.6 Å². The third-order valence-corrected chi connectivity index (χ3v) is 14.7. The topological polar surface area (TPSA) is 78.3 Å². The van der Waals surface area contributed by atoms with Crippen LogP contribution in [0.25, 0.3) is 11.1 Å². The van der Waals surface area contributed by atoms with Gasteiger partial charge >= 0.3 is 0 Å². The molecule has 0 bridgehead atoms. The second-order valence-electron chi connectivity index (χ2n) is 14.9. The van der Waals surface area contributed by atoms with E-state index in [-0.39, 0.29) is 36.8 Å². The summed E-state index contributed by atoms with van der Waals surface area (Å²) in [6.45, 7) is 12.6. The number of anilines is 1. The fourth-order valence-electron chi connectivity index (χ4n) is 5.99. The molecule has 2 heterocycles. The third-order valence-electron chi connectivity index (χ3n) is 10.3. The van der Waals surface area contributed by atoms with Crippen LogP contribution in [-0.2, 0) is 30.9 Å². The van der Waals surface area contributed by atoms with Crippen molar-refractivity contribution < 1.29 is 23.1 Å². The normalized spacial score (nSPS) is 14.1. The lowest BCUT2D eigenvalue weighted by Gasteiger charge is -2.37. The highest BCUT2D eigenvalue weighted by molar-refractivity contribution is 6.74. The Morgan fingerprint density at radius 1 is 0.774 bits per heavy atom. The second kappa shape index (κ2) is 16.5. The van der Waals surface area contributed by atoms with Crippen molar-refractivity contribution in [2.24, 2.45) is 5.16 Å². The van der Waals surface area contributed by atoms with E-state index in [1.807, 2.05) is 65.6 Å². The molecule has 0 saturated carbocycles. The molecule has 1 saturated heterocycles. The first-order valence-electron chi connectivity index (χ1n) is 18.0. The number of halogens is 1. The van der Waals surface area contributed by atoms with Gasteiger partial charge in [-0.25, -0.2) is 14.4 Å². The molecule has 276 valence electrons. The molecular weight excluding hydrogens is 684 g/mol. The smallest absolute Gasteiger partial charge is 0.225 e. The Morgan fingerprint density at radius 2 is 1.32 bits per heavy atom. The highest BCUT2D eigenvalue weighted by Gasteiger charge is 2.39. The van der Waals surface area contributed by atoms with Crippen LogP contribution in [0.3, 0.4) is 0 Å². The molecular formula is C43H49FN4O4Si. The third kappa shape index (κ3) is 8.57. The summed E-state index contributed by atoms with van der Waals surface area (Å²) in [5.74, 6) is 0.247. The van der Waals surface area contributed by atoms with Gasteiger partial charge in [-0.05, 0) is 34.8 Å². The highest BCUT2D eigenvalue weighted by atomic mass is 28.4. The fraction of sp³-hybridized carbons (Fsp3) is 0.326. The first-order valence-corrected chi connectivity index (χ1v) is 20.9. The molecule has 53 heavy (non-hydrogen) atoms. The zero-order valence-corrected chi connectivity index (χ0v) is 32.5. The van der Waals surface area contributed by atoms with Crippen molar-refractivity contribution in [1.29, 1.82) is 0 Å². The summed E-state index contributed by atoms with van der Waals surface area (Å²) in [4.78, 5) is 16.8. The summed E-state index contributed by atoms with van der Waals surface area (Å²) in [5.41, 5.74) is 4.66. The molecule has 0 radical (unpaired) electrons. The maximum absolute atomic E-state index is 15.6. The van der Waals surface area contributed by atoms with E-state index in [4.69, 9.17) is 18.7 Å². The van der Waals surface area contributed by atoms with E-state index in [9.17, 15) is 0 Å². The van der Waals surface area contributed by atoms with Gasteiger partial charge in [0.1, 0.15) is 24.1 Å². The molecule has 1 fully saturated rings. The zero-order chi connectivity index (χ0) is 37.5. The maximum atomic E-state index is 15.6. The lowest BCUT2D eigenvalue weighted by atomic mass is 9.80. The second-order valence-corrected chi connectivity index (χ2v) is 19.7. The van der Waals surface area contributed by atoms with Crippen LogP contribution in [0.4, 0.5) is 10.3 Å². The maximum Gasteiger partial charge on any atom is 0.225 e. The van der Waals surface area contributed by atoms with Crippen LogP contribution in [0.2, 0.25) is 18.1 Å². The van der Waals surface area contributed by atoms with Crippen LogP contribution in [0.15, 0.2) is 127 Å². The number of hydrogen-bond acceptors (Lipinski definition) is 8. The zero-order valence-electron chi connectivity index (χ0n) is 31.5. The van der Waals surface area contributed by atoms with Crippen LogP contribution in [0.1, 0.15) is 43.0 Å². The molecule has 4 aromatic carbocycles. The van der Waals surface area contributed by atoms with Gasteiger partial charge < -0.3 is 23.6 Å². The first kappa shape index (κ1) is 38.0. The molecule has 1 aromatic heterocycles. The molecule has 6 rings (SSSR count). The van der Waals surface area contributed by atoms with Crippen molar-refractivity contribution >= 4 is 20.0 Å². The number of ether oxygens (including phenoxy) is 2. The summed E-state index contributed by atoms with van der Waals surface area (Å²) in [7, 11) is -0.371. The molecule has 1 aliphatic rings. The standard InChI is InChI=1S/C43H49FN4O4Si/c1-42(2,3)53(5,6)52-29-32-17-16-24-39(40(32)44)33-25-45-41(46-26-33)48-27-37(28-48)47-51-31-38(49-4)30-50-43(34-18-10-7-11-19-34,35-20-12-8-13-21-35)36-22-14-9-15-23-36/h7-26,38H,27-31H2,1-6H3. The number of oxime groups is 1. The molecule has 0 N–H and O–H groups in total. The summed E-state index contributed by atoms with van der Waals surface area (Å²) in [6.07, 6.45) is 2.95. The van der Waals surface area contributed by atoms with Crippen molar-refractivity contribution in [3.63, 3.8) is 0 Å². The van der Waals surface area contributed by atoms with Crippen molar-refractivity contribution in [2.75, 3.05) is 38.3 Å². The Hall–Kier alpha value is -4.74. The van der Waals surface area contributed by atoms with Crippen molar-refractivity contribution in [3.05, 3.63) is 150 Å². The summed E-state index contributed by atoms with van der Waals surface area (Å²) >= 11 is 0. The van der Waals surface area contributed by atoms with Crippen molar-refractivity contribution in [1.82, 2.24) is 9.97 Å². The molecule has 1 aliphatic heterocycles. The molecule has 0 aliphatic carbocycles. The lowest BCUT2D eigenvalue weighted by molar-refractivity contribution is -0.0780. The average molecular weight is 733 g/mol. The number of rotatable bonds is 15. The molecule has 0 spiro atoms. The minimum atomic E-state index is -2.02. The predicted octanol–water partition coefficient (Wildman–Crippen LogP) is 9.02. The highest BCUT2D eigenvalue weighted by Crippen LogP contribution is 2.41. The minimum Gasteiger partial charge on any atom is -0.412 e. The Kier molecular flexibility index (Phi) is 11.8. The van der Waals surface area contributed by atoms with E-state index in [0.29, 0.717) is 35.7 Å². The van der Waals surface area contributed by atoms with E-state index in [1.165, 1.54) is 0 Å². The van der Waals surface area contributed by atoms with Crippen LogP contribution >= 0.6 is 0 Å². The van der Waals surface area contributed by atoms with Gasteiger partial charge in [-0.3, -0.25) is 0 Å². The Morgan fingerprint density at radius 3 is 1.83 bits per heavy atom. The summed E-state index contributed by atoms with van der Waals surface area (Å²) < 4.78 is 34.6. The van der Waals surface area contributed by atoms with Gasteiger partial charge in [-0.1, -0.05) is 135 Å². The number of nitrogens with zero attached hydrogens (tertiary/aromatic N) is 4. The van der Waals surface area contributed by atoms with Gasteiger partial charge in [0, 0.05) is 36.2 Å². The van der Waals surface area contributed by atoms with E-state index < -0.39 is 13.9 Å². The van der Waals surface area contributed by atoms with E-state index in [2.05, 4.69) is 85.4 Å². The number of benzene rings is 4. The summed E-state index contributed by atoms with van der Waals surface area (Å²) in [5, 5.41) is 4.42. The average Bonchev–Trinajstić information content (AvgIpc) is 3.15. The SMILES string of the molecule is COC(CON=C1CN(c2ncc(-c3cccc(CO[Si](C)(C)C(C)(C)C)c3F)cn2)C1)COC(c1ccccc1)(c1ccccc1)c1ccccc1. The molecule has 0 amide bonds. The number of aromatic nitrogens is 2. The van der Waals surface area contributed by atoms with Crippen LogP contribution in [-0.4, -0.2) is 63.5 Å². The van der Waals surface area contributed by atoms with Crippen LogP contribution < -0.4 is 4.90 Å². The van der Waals surface area contributed by atoms with E-state index in [0.717, 1.165) is 22.4 Å². The van der Waals surface area contributed by atoms with Gasteiger partial charge in [-0.2, -0.15) is 0 Å². The van der Waals surface area contributed by atoms with Gasteiger partial charge in [-0.15, -0.1) is 0 Å². The molecule has 10 heteroatoms. The van der Waals surface area contributed by atoms with Gasteiger partial charge in [0.2, 0.25) is 5.95 Å². The quantitative estimate of drug-likeness (QED) is 0.0604. The van der Waals surface area contributed by atoms with Crippen LogP contribution in [0, 0.1) is 5.82 Å². The largest absolute Gasteiger partial charge is 0.412 e. The fourth-order valence-corrected chi connectivity index (χ4v) is 6.94.